The molecule has 0 bridgehead atoms. The van der Waals surface area contributed by atoms with Crippen molar-refractivity contribution < 1.29 is 13.9 Å². The molecule has 1 aromatic heterocycles. The molecule has 3 nitrogen and oxygen atoms in total. The number of carbonyl (C=O) groups is 1. The van der Waals surface area contributed by atoms with E-state index in [4.69, 9.17) is 0 Å². The van der Waals surface area contributed by atoms with Gasteiger partial charge < -0.3 is 9.72 Å². The molecule has 0 aliphatic heterocycles. The minimum atomic E-state index is -0.428. The Hall–Kier alpha value is -1.84. The zero-order chi connectivity index (χ0) is 10.1. The first-order valence-corrected chi connectivity index (χ1v) is 4.07. The fourth-order valence-electron chi connectivity index (χ4n) is 1.38. The van der Waals surface area contributed by atoms with Crippen LogP contribution in [0.4, 0.5) is 4.39 Å². The van der Waals surface area contributed by atoms with E-state index in [0.717, 1.165) is 0 Å². The zero-order valence-corrected chi connectivity index (χ0v) is 7.50. The van der Waals surface area contributed by atoms with Crippen molar-refractivity contribution in [3.63, 3.8) is 0 Å². The number of aromatic nitrogens is 1. The summed E-state index contributed by atoms with van der Waals surface area (Å²) in [6, 6.07) is 4.19. The number of ether oxygens (including phenoxy) is 1. The summed E-state index contributed by atoms with van der Waals surface area (Å²) in [5, 5.41) is 0.665. The van der Waals surface area contributed by atoms with Crippen LogP contribution in [0.2, 0.25) is 0 Å². The first kappa shape index (κ1) is 8.74. The highest BCUT2D eigenvalue weighted by Gasteiger charge is 2.11. The highest BCUT2D eigenvalue weighted by Crippen LogP contribution is 2.19. The number of rotatable bonds is 1. The number of carbonyl (C=O) groups excluding carboxylic acids is 1. The van der Waals surface area contributed by atoms with Crippen molar-refractivity contribution >= 4 is 16.9 Å². The van der Waals surface area contributed by atoms with Crippen LogP contribution in [0, 0.1) is 5.82 Å². The fraction of sp³-hybridized carbons (Fsp3) is 0.100. The van der Waals surface area contributed by atoms with Crippen LogP contribution >= 0.6 is 0 Å². The van der Waals surface area contributed by atoms with E-state index in [-0.39, 0.29) is 5.82 Å². The molecule has 1 heterocycles. The number of fused-ring (bicyclic) bond motifs is 1. The highest BCUT2D eigenvalue weighted by molar-refractivity contribution is 6.03. The summed E-state index contributed by atoms with van der Waals surface area (Å²) in [5.41, 5.74) is 1.01. The van der Waals surface area contributed by atoms with E-state index in [1.165, 1.54) is 25.4 Å². The second-order valence-electron chi connectivity index (χ2n) is 2.88. The smallest absolute Gasteiger partial charge is 0.340 e. The Balaban J connectivity index is 2.64. The van der Waals surface area contributed by atoms with Gasteiger partial charge in [0.1, 0.15) is 5.82 Å². The van der Waals surface area contributed by atoms with Crippen molar-refractivity contribution in [2.24, 2.45) is 0 Å². The fourth-order valence-corrected chi connectivity index (χ4v) is 1.38. The molecule has 72 valence electrons. The summed E-state index contributed by atoms with van der Waals surface area (Å²) < 4.78 is 17.4. The lowest BCUT2D eigenvalue weighted by atomic mass is 10.2. The van der Waals surface area contributed by atoms with Crippen LogP contribution in [0.25, 0.3) is 10.9 Å². The average molecular weight is 193 g/mol. The molecule has 0 atom stereocenters. The van der Waals surface area contributed by atoms with E-state index in [2.05, 4.69) is 9.72 Å². The number of hydrogen-bond acceptors (Lipinski definition) is 2. The number of nitrogens with one attached hydrogen (secondary N) is 1. The Morgan fingerprint density at radius 1 is 1.50 bits per heavy atom. The molecule has 0 unspecified atom stereocenters. The first-order valence-electron chi connectivity index (χ1n) is 4.07. The molecular formula is C10H8FNO2. The average Bonchev–Trinajstić information content (AvgIpc) is 2.59. The number of halogens is 1. The Labute approximate surface area is 79.5 Å². The van der Waals surface area contributed by atoms with Gasteiger partial charge in [0, 0.05) is 17.1 Å². The summed E-state index contributed by atoms with van der Waals surface area (Å²) in [5.74, 6) is -0.765. The van der Waals surface area contributed by atoms with E-state index >= 15 is 0 Å². The molecule has 0 fully saturated rings. The first-order chi connectivity index (χ1) is 6.72. The van der Waals surface area contributed by atoms with Crippen LogP contribution in [0.5, 0.6) is 0 Å². The van der Waals surface area contributed by atoms with Gasteiger partial charge in [-0.05, 0) is 18.2 Å². The largest absolute Gasteiger partial charge is 0.465 e. The van der Waals surface area contributed by atoms with E-state index in [9.17, 15) is 9.18 Å². The predicted molar refractivity (Wildman–Crippen MR) is 49.6 cm³/mol. The summed E-state index contributed by atoms with van der Waals surface area (Å²) in [7, 11) is 1.31. The zero-order valence-electron chi connectivity index (χ0n) is 7.50. The molecule has 0 spiro atoms. The van der Waals surface area contributed by atoms with Crippen molar-refractivity contribution in [2.45, 2.75) is 0 Å². The van der Waals surface area contributed by atoms with Gasteiger partial charge in [-0.3, -0.25) is 0 Å². The monoisotopic (exact) mass is 193 g/mol. The number of methoxy groups -OCH3 is 1. The third-order valence-electron chi connectivity index (χ3n) is 2.05. The van der Waals surface area contributed by atoms with Crippen molar-refractivity contribution in [1.82, 2.24) is 4.98 Å². The lowest BCUT2D eigenvalue weighted by molar-refractivity contribution is 0.0603. The number of benzene rings is 1. The standard InChI is InChI=1S/C10H8FNO2/c1-14-10(13)8-5-12-9-4-6(11)2-3-7(8)9/h2-5,12H,1H3. The van der Waals surface area contributed by atoms with Crippen molar-refractivity contribution in [3.05, 3.63) is 35.8 Å². The van der Waals surface area contributed by atoms with Gasteiger partial charge in [-0.2, -0.15) is 0 Å². The highest BCUT2D eigenvalue weighted by atomic mass is 19.1. The van der Waals surface area contributed by atoms with Gasteiger partial charge in [-0.25, -0.2) is 9.18 Å². The summed E-state index contributed by atoms with van der Waals surface area (Å²) in [6.07, 6.45) is 1.51. The maximum atomic E-state index is 12.8. The molecule has 0 aliphatic carbocycles. The number of hydrogen-bond donors (Lipinski definition) is 1. The van der Waals surface area contributed by atoms with Crippen LogP contribution in [0.3, 0.4) is 0 Å². The maximum absolute atomic E-state index is 12.8. The van der Waals surface area contributed by atoms with Gasteiger partial charge >= 0.3 is 5.97 Å². The molecule has 0 saturated heterocycles. The lowest BCUT2D eigenvalue weighted by Crippen LogP contribution is -1.99. The Morgan fingerprint density at radius 3 is 3.00 bits per heavy atom. The summed E-state index contributed by atoms with van der Waals surface area (Å²) >= 11 is 0. The normalized spacial score (nSPS) is 10.4. The van der Waals surface area contributed by atoms with Gasteiger partial charge in [0.05, 0.1) is 12.7 Å². The molecule has 2 rings (SSSR count). The van der Waals surface area contributed by atoms with Crippen LogP contribution in [-0.4, -0.2) is 18.1 Å². The minimum absolute atomic E-state index is 0.337. The van der Waals surface area contributed by atoms with Crippen molar-refractivity contribution in [1.29, 1.82) is 0 Å². The molecule has 1 N–H and O–H groups in total. The summed E-state index contributed by atoms with van der Waals surface area (Å²) in [4.78, 5) is 14.0. The summed E-state index contributed by atoms with van der Waals surface area (Å²) in [6.45, 7) is 0. The molecule has 0 radical (unpaired) electrons. The van der Waals surface area contributed by atoms with E-state index in [1.807, 2.05) is 0 Å². The SMILES string of the molecule is COC(=O)c1c[nH]c2cc(F)ccc12. The van der Waals surface area contributed by atoms with Crippen molar-refractivity contribution in [3.8, 4) is 0 Å². The number of H-pyrrole nitrogens is 1. The van der Waals surface area contributed by atoms with Crippen molar-refractivity contribution in [2.75, 3.05) is 7.11 Å². The molecule has 14 heavy (non-hydrogen) atoms. The van der Waals surface area contributed by atoms with Gasteiger partial charge in [0.15, 0.2) is 0 Å². The molecule has 2 aromatic rings. The Morgan fingerprint density at radius 2 is 2.29 bits per heavy atom. The van der Waals surface area contributed by atoms with Crippen LogP contribution in [0.1, 0.15) is 10.4 Å². The molecule has 0 amide bonds. The molecule has 0 saturated carbocycles. The van der Waals surface area contributed by atoms with Crippen LogP contribution in [-0.2, 0) is 4.74 Å². The number of esters is 1. The minimum Gasteiger partial charge on any atom is -0.465 e. The second kappa shape index (κ2) is 3.14. The van der Waals surface area contributed by atoms with Gasteiger partial charge in [-0.15, -0.1) is 0 Å². The lowest BCUT2D eigenvalue weighted by Gasteiger charge is -1.95. The molecule has 1 aromatic carbocycles. The van der Waals surface area contributed by atoms with Gasteiger partial charge in [0.25, 0.3) is 0 Å². The third kappa shape index (κ3) is 1.25. The maximum Gasteiger partial charge on any atom is 0.340 e. The number of aromatic amines is 1. The predicted octanol–water partition coefficient (Wildman–Crippen LogP) is 2.09. The van der Waals surface area contributed by atoms with Gasteiger partial charge in [-0.1, -0.05) is 0 Å². The van der Waals surface area contributed by atoms with E-state index < -0.39 is 5.97 Å². The van der Waals surface area contributed by atoms with Crippen LogP contribution < -0.4 is 0 Å². The topological polar surface area (TPSA) is 42.1 Å². The Kier molecular flexibility index (Phi) is 1.96. The van der Waals surface area contributed by atoms with Gasteiger partial charge in [0.2, 0.25) is 0 Å². The molecular weight excluding hydrogens is 185 g/mol. The molecule has 4 heteroatoms. The van der Waals surface area contributed by atoms with E-state index in [0.29, 0.717) is 16.5 Å². The Bertz CT molecular complexity index is 490. The third-order valence-corrected chi connectivity index (χ3v) is 2.05. The van der Waals surface area contributed by atoms with E-state index in [1.54, 1.807) is 6.07 Å². The second-order valence-corrected chi connectivity index (χ2v) is 2.88. The quantitative estimate of drug-likeness (QED) is 0.704. The molecule has 0 aliphatic rings. The van der Waals surface area contributed by atoms with Crippen LogP contribution in [0.15, 0.2) is 24.4 Å².